The van der Waals surface area contributed by atoms with Crippen LogP contribution in [-0.4, -0.2) is 81.5 Å². The molecule has 2 aliphatic heterocycles. The fourth-order valence-electron chi connectivity index (χ4n) is 4.64. The molecule has 0 aromatic heterocycles. The van der Waals surface area contributed by atoms with Crippen molar-refractivity contribution >= 4 is 23.3 Å². The SMILES string of the molecule is CNC(=O)N1N=C(c2ccc(N3CCCN(C)CC3=O)cc2)c2cc(OC)c(OC)cc2C[C@@H]1C. The lowest BCUT2D eigenvalue weighted by molar-refractivity contribution is -0.118. The number of rotatable bonds is 4. The van der Waals surface area contributed by atoms with Gasteiger partial charge in [-0.05, 0) is 56.6 Å². The summed E-state index contributed by atoms with van der Waals surface area (Å²) in [6.45, 7) is 3.95. The van der Waals surface area contributed by atoms with Crippen molar-refractivity contribution < 1.29 is 19.1 Å². The molecule has 35 heavy (non-hydrogen) atoms. The molecule has 1 N–H and O–H groups in total. The number of ether oxygens (including phenoxy) is 2. The van der Waals surface area contributed by atoms with Crippen LogP contribution in [0.1, 0.15) is 30.0 Å². The Balaban J connectivity index is 1.78. The summed E-state index contributed by atoms with van der Waals surface area (Å²) in [5.41, 5.74) is 4.23. The van der Waals surface area contributed by atoms with E-state index in [1.807, 2.05) is 60.2 Å². The largest absolute Gasteiger partial charge is 0.493 e. The van der Waals surface area contributed by atoms with E-state index < -0.39 is 0 Å². The van der Waals surface area contributed by atoms with Crippen molar-refractivity contribution in [2.24, 2.45) is 5.10 Å². The van der Waals surface area contributed by atoms with E-state index in [-0.39, 0.29) is 18.0 Å². The Labute approximate surface area is 206 Å². The fourth-order valence-corrected chi connectivity index (χ4v) is 4.64. The third-order valence-corrected chi connectivity index (χ3v) is 6.51. The van der Waals surface area contributed by atoms with Crippen LogP contribution in [0.2, 0.25) is 0 Å². The number of hydrogen-bond donors (Lipinski definition) is 1. The molecule has 0 aliphatic carbocycles. The Morgan fingerprint density at radius 3 is 2.43 bits per heavy atom. The Morgan fingerprint density at radius 1 is 1.09 bits per heavy atom. The van der Waals surface area contributed by atoms with Crippen LogP contribution in [-0.2, 0) is 11.2 Å². The number of benzene rings is 2. The molecule has 0 bridgehead atoms. The molecule has 4 rings (SSSR count). The van der Waals surface area contributed by atoms with E-state index in [2.05, 4.69) is 5.32 Å². The third-order valence-electron chi connectivity index (χ3n) is 6.51. The van der Waals surface area contributed by atoms with Crippen molar-refractivity contribution in [3.05, 3.63) is 53.1 Å². The summed E-state index contributed by atoms with van der Waals surface area (Å²) in [6.07, 6.45) is 1.52. The van der Waals surface area contributed by atoms with E-state index in [1.165, 1.54) is 5.01 Å². The second-order valence-corrected chi connectivity index (χ2v) is 8.95. The monoisotopic (exact) mass is 479 g/mol. The number of carbonyl (C=O) groups excluding carboxylic acids is 2. The molecule has 2 aromatic rings. The number of anilines is 1. The Morgan fingerprint density at radius 2 is 1.77 bits per heavy atom. The van der Waals surface area contributed by atoms with Crippen LogP contribution >= 0.6 is 0 Å². The lowest BCUT2D eigenvalue weighted by Gasteiger charge is -2.23. The molecule has 0 unspecified atom stereocenters. The average molecular weight is 480 g/mol. The highest BCUT2D eigenvalue weighted by Gasteiger charge is 2.29. The molecule has 2 aromatic carbocycles. The van der Waals surface area contributed by atoms with Crippen LogP contribution in [0.25, 0.3) is 0 Å². The highest BCUT2D eigenvalue weighted by molar-refractivity contribution is 6.14. The molecule has 1 fully saturated rings. The van der Waals surface area contributed by atoms with Crippen molar-refractivity contribution in [3.8, 4) is 11.5 Å². The standard InChI is InChI=1S/C26H33N5O4/c1-17-13-19-14-22(34-4)23(35-5)15-21(19)25(28-31(17)26(33)27-2)18-7-9-20(10-8-18)30-12-6-11-29(3)16-24(30)32/h7-10,14-15,17H,6,11-13,16H2,1-5H3,(H,27,33)/t17-/m0/s1. The lowest BCUT2D eigenvalue weighted by Crippen LogP contribution is -2.41. The van der Waals surface area contributed by atoms with Gasteiger partial charge in [-0.2, -0.15) is 5.10 Å². The maximum absolute atomic E-state index is 12.7. The smallest absolute Gasteiger partial charge is 0.337 e. The van der Waals surface area contributed by atoms with Crippen LogP contribution < -0.4 is 19.7 Å². The van der Waals surface area contributed by atoms with Crippen LogP contribution in [0.5, 0.6) is 11.5 Å². The molecule has 1 saturated heterocycles. The predicted molar refractivity (Wildman–Crippen MR) is 136 cm³/mol. The van der Waals surface area contributed by atoms with E-state index >= 15 is 0 Å². The average Bonchev–Trinajstić information content (AvgIpc) is 3.12. The minimum atomic E-state index is -0.280. The van der Waals surface area contributed by atoms with Gasteiger partial charge in [0, 0.05) is 37.0 Å². The molecule has 3 amide bonds. The number of methoxy groups -OCH3 is 2. The van der Waals surface area contributed by atoms with Gasteiger partial charge >= 0.3 is 6.03 Å². The summed E-state index contributed by atoms with van der Waals surface area (Å²) < 4.78 is 11.1. The number of urea groups is 1. The quantitative estimate of drug-likeness (QED) is 0.729. The number of nitrogens with zero attached hydrogens (tertiary/aromatic N) is 4. The molecular weight excluding hydrogens is 446 g/mol. The Bertz CT molecular complexity index is 1130. The van der Waals surface area contributed by atoms with Crippen LogP contribution in [0.3, 0.4) is 0 Å². The summed E-state index contributed by atoms with van der Waals surface area (Å²) >= 11 is 0. The van der Waals surface area contributed by atoms with Gasteiger partial charge in [-0.25, -0.2) is 9.80 Å². The van der Waals surface area contributed by atoms with Crippen molar-refractivity contribution in [2.45, 2.75) is 25.8 Å². The lowest BCUT2D eigenvalue weighted by atomic mass is 9.94. The topological polar surface area (TPSA) is 86.7 Å². The third kappa shape index (κ3) is 4.95. The molecule has 9 heteroatoms. The maximum Gasteiger partial charge on any atom is 0.337 e. The Hall–Kier alpha value is -3.59. The predicted octanol–water partition coefficient (Wildman–Crippen LogP) is 2.71. The Kier molecular flexibility index (Phi) is 7.25. The zero-order chi connectivity index (χ0) is 25.1. The summed E-state index contributed by atoms with van der Waals surface area (Å²) in [5.74, 6) is 1.31. The number of amides is 3. The van der Waals surface area contributed by atoms with Gasteiger partial charge in [0.15, 0.2) is 11.5 Å². The van der Waals surface area contributed by atoms with Crippen LogP contribution in [0.4, 0.5) is 10.5 Å². The maximum atomic E-state index is 12.7. The first-order valence-electron chi connectivity index (χ1n) is 11.8. The fraction of sp³-hybridized carbons (Fsp3) is 0.423. The van der Waals surface area contributed by atoms with Gasteiger partial charge < -0.3 is 19.7 Å². The van der Waals surface area contributed by atoms with E-state index in [0.717, 1.165) is 35.3 Å². The summed E-state index contributed by atoms with van der Waals surface area (Å²) in [4.78, 5) is 29.3. The second-order valence-electron chi connectivity index (χ2n) is 8.95. The highest BCUT2D eigenvalue weighted by Crippen LogP contribution is 2.35. The van der Waals surface area contributed by atoms with E-state index in [0.29, 0.717) is 36.7 Å². The minimum absolute atomic E-state index is 0.0892. The van der Waals surface area contributed by atoms with E-state index in [9.17, 15) is 9.59 Å². The van der Waals surface area contributed by atoms with Gasteiger partial charge in [-0.15, -0.1) is 0 Å². The van der Waals surface area contributed by atoms with Gasteiger partial charge in [0.05, 0.1) is 32.5 Å². The molecule has 0 saturated carbocycles. The van der Waals surface area contributed by atoms with Gasteiger partial charge in [0.1, 0.15) is 0 Å². The van der Waals surface area contributed by atoms with Gasteiger partial charge in [0.2, 0.25) is 5.91 Å². The van der Waals surface area contributed by atoms with Crippen LogP contribution in [0.15, 0.2) is 41.5 Å². The number of fused-ring (bicyclic) bond motifs is 1. The molecule has 186 valence electrons. The summed E-state index contributed by atoms with van der Waals surface area (Å²) in [5, 5.41) is 8.97. The molecular formula is C26H33N5O4. The molecule has 0 spiro atoms. The highest BCUT2D eigenvalue weighted by atomic mass is 16.5. The number of hydrazone groups is 1. The van der Waals surface area contributed by atoms with Crippen molar-refractivity contribution in [1.29, 1.82) is 0 Å². The molecule has 9 nitrogen and oxygen atoms in total. The first kappa shape index (κ1) is 24.5. The summed E-state index contributed by atoms with van der Waals surface area (Å²) in [7, 11) is 6.77. The normalized spacial score (nSPS) is 18.8. The van der Waals surface area contributed by atoms with E-state index in [1.54, 1.807) is 21.3 Å². The van der Waals surface area contributed by atoms with Gasteiger partial charge in [0.25, 0.3) is 0 Å². The number of carbonyl (C=O) groups is 2. The summed E-state index contributed by atoms with van der Waals surface area (Å²) in [6, 6.07) is 11.2. The first-order valence-corrected chi connectivity index (χ1v) is 11.8. The van der Waals surface area contributed by atoms with Crippen molar-refractivity contribution in [1.82, 2.24) is 15.2 Å². The zero-order valence-electron chi connectivity index (χ0n) is 21.0. The number of likely N-dealkylation sites (N-methyl/N-ethyl adjacent to an activating group) is 1. The molecule has 2 heterocycles. The molecule has 2 aliphatic rings. The second kappa shape index (κ2) is 10.4. The van der Waals surface area contributed by atoms with Crippen molar-refractivity contribution in [3.63, 3.8) is 0 Å². The molecule has 1 atom stereocenters. The van der Waals surface area contributed by atoms with Crippen molar-refractivity contribution in [2.75, 3.05) is 52.8 Å². The van der Waals surface area contributed by atoms with Gasteiger partial charge in [-0.1, -0.05) is 12.1 Å². The van der Waals surface area contributed by atoms with Crippen LogP contribution in [0, 0.1) is 0 Å². The number of hydrogen-bond acceptors (Lipinski definition) is 6. The number of nitrogens with one attached hydrogen (secondary N) is 1. The zero-order valence-corrected chi connectivity index (χ0v) is 21.0. The van der Waals surface area contributed by atoms with E-state index in [4.69, 9.17) is 14.6 Å². The first-order chi connectivity index (χ1) is 16.9. The van der Waals surface area contributed by atoms with Gasteiger partial charge in [-0.3, -0.25) is 9.69 Å². The molecule has 0 radical (unpaired) electrons. The minimum Gasteiger partial charge on any atom is -0.493 e.